The van der Waals surface area contributed by atoms with E-state index in [1.807, 2.05) is 17.5 Å². The quantitative estimate of drug-likeness (QED) is 0.540. The van der Waals surface area contributed by atoms with Gasteiger partial charge in [0, 0.05) is 0 Å². The summed E-state index contributed by atoms with van der Waals surface area (Å²) in [6, 6.07) is 3.96. The third-order valence-electron chi connectivity index (χ3n) is 2.04. The molecule has 0 aliphatic rings. The van der Waals surface area contributed by atoms with E-state index in [1.54, 1.807) is 11.3 Å². The molecule has 3 aromatic heterocycles. The second-order valence-electron chi connectivity index (χ2n) is 3.26. The molecular weight excluding hydrogens is 284 g/mol. The molecule has 0 aliphatic carbocycles. The van der Waals surface area contributed by atoms with Gasteiger partial charge in [-0.2, -0.15) is 24.7 Å². The number of aromatic nitrogens is 6. The van der Waals surface area contributed by atoms with E-state index in [2.05, 4.69) is 30.5 Å². The van der Waals surface area contributed by atoms with Gasteiger partial charge in [0.05, 0.1) is 4.21 Å². The van der Waals surface area contributed by atoms with Gasteiger partial charge in [-0.25, -0.2) is 10.8 Å². The Morgan fingerprint density at radius 3 is 2.95 bits per heavy atom. The lowest BCUT2D eigenvalue weighted by Crippen LogP contribution is -2.14. The van der Waals surface area contributed by atoms with Gasteiger partial charge in [0.2, 0.25) is 5.95 Å². The molecule has 0 saturated heterocycles. The molecule has 3 aromatic rings. The number of anilines is 1. The molecule has 10 heteroatoms. The Hall–Kier alpha value is -2.04. The molecule has 3 rings (SSSR count). The molecule has 0 fully saturated rings. The van der Waals surface area contributed by atoms with E-state index < -0.39 is 0 Å². The summed E-state index contributed by atoms with van der Waals surface area (Å²) in [4.78, 5) is 16.5. The first-order chi connectivity index (χ1) is 9.35. The van der Waals surface area contributed by atoms with Gasteiger partial charge in [0.15, 0.2) is 5.16 Å². The standard InChI is InChI=1S/C9H8N8S2/c10-16-7-13-8(17-5-11-4-12-17)15-9(14-7)19-6-2-1-3-18-6/h1-5H,10H2,(H,13,14,15,16). The number of hydrazine groups is 1. The Morgan fingerprint density at radius 1 is 1.32 bits per heavy atom. The third-order valence-corrected chi connectivity index (χ3v) is 3.95. The summed E-state index contributed by atoms with van der Waals surface area (Å²) in [5.74, 6) is 6.00. The first-order valence-corrected chi connectivity index (χ1v) is 6.84. The van der Waals surface area contributed by atoms with E-state index in [0.717, 1.165) is 4.21 Å². The number of nitrogen functional groups attached to an aromatic ring is 1. The number of thiophene rings is 1. The molecule has 0 bridgehead atoms. The molecule has 96 valence electrons. The van der Waals surface area contributed by atoms with Gasteiger partial charge in [-0.1, -0.05) is 6.07 Å². The van der Waals surface area contributed by atoms with Crippen LogP contribution in [-0.4, -0.2) is 29.7 Å². The second-order valence-corrected chi connectivity index (χ2v) is 5.48. The smallest absolute Gasteiger partial charge is 0.257 e. The van der Waals surface area contributed by atoms with Crippen LogP contribution in [0.1, 0.15) is 0 Å². The predicted octanol–water partition coefficient (Wildman–Crippen LogP) is 0.951. The van der Waals surface area contributed by atoms with Crippen LogP contribution < -0.4 is 11.3 Å². The summed E-state index contributed by atoms with van der Waals surface area (Å²) in [7, 11) is 0. The molecule has 3 heterocycles. The lowest BCUT2D eigenvalue weighted by atomic mass is 10.7. The average molecular weight is 292 g/mol. The van der Waals surface area contributed by atoms with Crippen LogP contribution in [0.15, 0.2) is 39.5 Å². The molecular formula is C9H8N8S2. The maximum absolute atomic E-state index is 5.36. The lowest BCUT2D eigenvalue weighted by molar-refractivity contribution is 0.759. The number of hydrogen-bond acceptors (Lipinski definition) is 9. The predicted molar refractivity (Wildman–Crippen MR) is 71.0 cm³/mol. The summed E-state index contributed by atoms with van der Waals surface area (Å²) in [6.07, 6.45) is 2.92. The van der Waals surface area contributed by atoms with Crippen molar-refractivity contribution >= 4 is 29.0 Å². The topological polar surface area (TPSA) is 107 Å². The summed E-state index contributed by atoms with van der Waals surface area (Å²) < 4.78 is 2.53. The number of nitrogens with one attached hydrogen (secondary N) is 1. The highest BCUT2D eigenvalue weighted by molar-refractivity contribution is 8.01. The van der Waals surface area contributed by atoms with Crippen molar-refractivity contribution in [3.63, 3.8) is 0 Å². The van der Waals surface area contributed by atoms with Crippen LogP contribution in [0, 0.1) is 0 Å². The van der Waals surface area contributed by atoms with Crippen LogP contribution in [-0.2, 0) is 0 Å². The Labute approximate surface area is 116 Å². The number of hydrogen-bond donors (Lipinski definition) is 2. The molecule has 8 nitrogen and oxygen atoms in total. The fourth-order valence-corrected chi connectivity index (χ4v) is 2.90. The van der Waals surface area contributed by atoms with E-state index >= 15 is 0 Å². The lowest BCUT2D eigenvalue weighted by Gasteiger charge is -2.04. The van der Waals surface area contributed by atoms with Crippen molar-refractivity contribution in [1.82, 2.24) is 29.7 Å². The van der Waals surface area contributed by atoms with Gasteiger partial charge in [0.1, 0.15) is 12.7 Å². The Kier molecular flexibility index (Phi) is 3.35. The Bertz CT molecular complexity index is 651. The average Bonchev–Trinajstić information content (AvgIpc) is 3.11. The van der Waals surface area contributed by atoms with Crippen LogP contribution in [0.4, 0.5) is 5.95 Å². The van der Waals surface area contributed by atoms with E-state index in [0.29, 0.717) is 11.1 Å². The van der Waals surface area contributed by atoms with Gasteiger partial charge in [-0.15, -0.1) is 11.3 Å². The number of nitrogens with zero attached hydrogens (tertiary/aromatic N) is 6. The van der Waals surface area contributed by atoms with Crippen molar-refractivity contribution in [2.45, 2.75) is 9.37 Å². The summed E-state index contributed by atoms with van der Waals surface area (Å²) in [5.41, 5.74) is 2.42. The first-order valence-electron chi connectivity index (χ1n) is 5.14. The number of nitrogens with two attached hydrogens (primary N) is 1. The van der Waals surface area contributed by atoms with Gasteiger partial charge >= 0.3 is 0 Å². The highest BCUT2D eigenvalue weighted by Crippen LogP contribution is 2.29. The highest BCUT2D eigenvalue weighted by Gasteiger charge is 2.10. The zero-order chi connectivity index (χ0) is 13.1. The minimum atomic E-state index is 0.277. The van der Waals surface area contributed by atoms with E-state index in [9.17, 15) is 0 Å². The second kappa shape index (κ2) is 5.30. The molecule has 0 saturated carbocycles. The van der Waals surface area contributed by atoms with E-state index in [-0.39, 0.29) is 5.95 Å². The molecule has 3 N–H and O–H groups in total. The molecule has 0 unspecified atom stereocenters. The van der Waals surface area contributed by atoms with Crippen molar-refractivity contribution in [2.24, 2.45) is 5.84 Å². The monoisotopic (exact) mass is 292 g/mol. The van der Waals surface area contributed by atoms with Crippen molar-refractivity contribution in [3.05, 3.63) is 30.2 Å². The minimum absolute atomic E-state index is 0.277. The first kappa shape index (κ1) is 12.0. The van der Waals surface area contributed by atoms with Crippen LogP contribution in [0.25, 0.3) is 5.95 Å². The van der Waals surface area contributed by atoms with Crippen LogP contribution >= 0.6 is 23.1 Å². The number of rotatable bonds is 4. The molecule has 0 aromatic carbocycles. The third kappa shape index (κ3) is 2.70. The fraction of sp³-hybridized carbons (Fsp3) is 0. The Balaban J connectivity index is 1.98. The minimum Gasteiger partial charge on any atom is -0.292 e. The molecule has 0 atom stereocenters. The summed E-state index contributed by atoms with van der Waals surface area (Å²) >= 11 is 3.05. The molecule has 0 amide bonds. The van der Waals surface area contributed by atoms with Gasteiger partial charge < -0.3 is 0 Å². The summed E-state index contributed by atoms with van der Waals surface area (Å²) in [5, 5.41) is 6.51. The largest absolute Gasteiger partial charge is 0.292 e. The van der Waals surface area contributed by atoms with Gasteiger partial charge in [0.25, 0.3) is 5.95 Å². The highest BCUT2D eigenvalue weighted by atomic mass is 32.2. The van der Waals surface area contributed by atoms with Crippen LogP contribution in [0.5, 0.6) is 0 Å². The molecule has 19 heavy (non-hydrogen) atoms. The van der Waals surface area contributed by atoms with Gasteiger partial charge in [-0.3, -0.25) is 5.43 Å². The zero-order valence-electron chi connectivity index (χ0n) is 9.46. The van der Waals surface area contributed by atoms with Crippen LogP contribution in [0.3, 0.4) is 0 Å². The maximum Gasteiger partial charge on any atom is 0.257 e. The molecule has 0 spiro atoms. The maximum atomic E-state index is 5.36. The van der Waals surface area contributed by atoms with E-state index in [4.69, 9.17) is 5.84 Å². The SMILES string of the molecule is NNc1nc(Sc2cccs2)nc(-n2cncn2)n1. The fourth-order valence-electron chi connectivity index (χ4n) is 1.28. The zero-order valence-corrected chi connectivity index (χ0v) is 11.1. The van der Waals surface area contributed by atoms with Crippen molar-refractivity contribution in [3.8, 4) is 5.95 Å². The molecule has 0 radical (unpaired) electrons. The van der Waals surface area contributed by atoms with E-state index in [1.165, 1.54) is 29.1 Å². The Morgan fingerprint density at radius 2 is 2.26 bits per heavy atom. The van der Waals surface area contributed by atoms with Crippen molar-refractivity contribution in [2.75, 3.05) is 5.43 Å². The van der Waals surface area contributed by atoms with Gasteiger partial charge in [-0.05, 0) is 23.2 Å². The van der Waals surface area contributed by atoms with Crippen LogP contribution in [0.2, 0.25) is 0 Å². The summed E-state index contributed by atoms with van der Waals surface area (Å²) in [6.45, 7) is 0. The van der Waals surface area contributed by atoms with Crippen molar-refractivity contribution in [1.29, 1.82) is 0 Å². The molecule has 0 aliphatic heterocycles. The van der Waals surface area contributed by atoms with Crippen molar-refractivity contribution < 1.29 is 0 Å². The normalized spacial score (nSPS) is 10.6.